The van der Waals surface area contributed by atoms with E-state index in [1.165, 1.54) is 19.2 Å². The summed E-state index contributed by atoms with van der Waals surface area (Å²) in [5, 5.41) is 5.68. The van der Waals surface area contributed by atoms with Crippen LogP contribution in [0.15, 0.2) is 24.4 Å². The molecule has 0 saturated carbocycles. The molecular formula is C17H18F3N3O3. The van der Waals surface area contributed by atoms with Gasteiger partial charge in [0, 0.05) is 13.2 Å². The molecule has 0 aliphatic rings. The van der Waals surface area contributed by atoms with E-state index in [-0.39, 0.29) is 17.9 Å². The van der Waals surface area contributed by atoms with Gasteiger partial charge in [-0.25, -0.2) is 4.79 Å². The molecule has 6 nitrogen and oxygen atoms in total. The molecule has 0 atom stereocenters. The number of benzene rings is 1. The first-order chi connectivity index (χ1) is 12.2. The molecule has 0 saturated heterocycles. The summed E-state index contributed by atoms with van der Waals surface area (Å²) >= 11 is 0. The van der Waals surface area contributed by atoms with Gasteiger partial charge in [-0.05, 0) is 31.0 Å². The molecule has 1 heterocycles. The van der Waals surface area contributed by atoms with Crippen LogP contribution in [0.2, 0.25) is 0 Å². The number of amides is 1. The zero-order valence-corrected chi connectivity index (χ0v) is 14.5. The Kier molecular flexibility index (Phi) is 5.69. The van der Waals surface area contributed by atoms with Crippen molar-refractivity contribution in [3.05, 3.63) is 46.8 Å². The summed E-state index contributed by atoms with van der Waals surface area (Å²) in [7, 11) is 1.29. The lowest BCUT2D eigenvalue weighted by atomic mass is 10.1. The first-order valence-electron chi connectivity index (χ1n) is 7.89. The molecule has 1 amide bonds. The number of aryl methyl sites for hydroxylation is 2. The lowest BCUT2D eigenvalue weighted by molar-refractivity contribution is -0.141. The number of esters is 1. The molecule has 140 valence electrons. The maximum Gasteiger partial charge on any atom is 0.435 e. The number of rotatable bonds is 5. The van der Waals surface area contributed by atoms with Crippen molar-refractivity contribution >= 4 is 17.6 Å². The van der Waals surface area contributed by atoms with Crippen molar-refractivity contribution in [1.82, 2.24) is 9.78 Å². The van der Waals surface area contributed by atoms with E-state index in [9.17, 15) is 22.8 Å². The average molecular weight is 369 g/mol. The summed E-state index contributed by atoms with van der Waals surface area (Å²) in [5.41, 5.74) is -0.964. The molecule has 0 aliphatic carbocycles. The van der Waals surface area contributed by atoms with Crippen LogP contribution in [0.3, 0.4) is 0 Å². The van der Waals surface area contributed by atoms with Gasteiger partial charge in [-0.15, -0.1) is 0 Å². The van der Waals surface area contributed by atoms with Crippen LogP contribution in [0, 0.1) is 0 Å². The maximum absolute atomic E-state index is 13.1. The molecular weight excluding hydrogens is 351 g/mol. The number of nitrogens with one attached hydrogen (secondary N) is 1. The number of ether oxygens (including phenoxy) is 1. The largest absolute Gasteiger partial charge is 0.462 e. The predicted octanol–water partition coefficient (Wildman–Crippen LogP) is 3.43. The minimum Gasteiger partial charge on any atom is -0.462 e. The Morgan fingerprint density at radius 1 is 1.23 bits per heavy atom. The zero-order chi connectivity index (χ0) is 19.5. The second-order valence-electron chi connectivity index (χ2n) is 5.47. The highest BCUT2D eigenvalue weighted by Gasteiger charge is 2.39. The van der Waals surface area contributed by atoms with Crippen molar-refractivity contribution in [2.75, 3.05) is 11.9 Å². The topological polar surface area (TPSA) is 73.2 Å². The molecule has 2 rings (SSSR count). The van der Waals surface area contributed by atoms with Crippen LogP contribution in [0.5, 0.6) is 0 Å². The Hall–Kier alpha value is -2.84. The monoisotopic (exact) mass is 369 g/mol. The molecule has 1 aromatic heterocycles. The minimum atomic E-state index is -4.77. The molecule has 1 aromatic carbocycles. The van der Waals surface area contributed by atoms with Crippen LogP contribution < -0.4 is 5.32 Å². The highest BCUT2D eigenvalue weighted by atomic mass is 19.4. The fourth-order valence-electron chi connectivity index (χ4n) is 2.36. The zero-order valence-electron chi connectivity index (χ0n) is 14.5. The van der Waals surface area contributed by atoms with Gasteiger partial charge in [-0.2, -0.15) is 18.3 Å². The van der Waals surface area contributed by atoms with Gasteiger partial charge in [-0.3, -0.25) is 9.48 Å². The van der Waals surface area contributed by atoms with Crippen molar-refractivity contribution in [1.29, 1.82) is 0 Å². The van der Waals surface area contributed by atoms with Crippen LogP contribution in [0.1, 0.15) is 45.8 Å². The normalized spacial score (nSPS) is 11.3. The molecule has 1 N–H and O–H groups in total. The standard InChI is InChI=1S/C17H18F3N3O3/c1-4-10-6-7-11(16(25)26-5-2)13(8-10)21-15(24)12-9-23(3)22-14(12)17(18,19)20/h6-9H,4-5H2,1-3H3,(H,21,24). The van der Waals surface area contributed by atoms with Crippen molar-refractivity contribution < 1.29 is 27.5 Å². The fraction of sp³-hybridized carbons (Fsp3) is 0.353. The van der Waals surface area contributed by atoms with Gasteiger partial charge >= 0.3 is 12.1 Å². The van der Waals surface area contributed by atoms with E-state index in [1.54, 1.807) is 13.0 Å². The molecule has 0 bridgehead atoms. The summed E-state index contributed by atoms with van der Waals surface area (Å²) in [4.78, 5) is 24.5. The second kappa shape index (κ2) is 7.59. The third-order valence-electron chi connectivity index (χ3n) is 3.58. The van der Waals surface area contributed by atoms with Crippen molar-refractivity contribution in [3.63, 3.8) is 0 Å². The van der Waals surface area contributed by atoms with Crippen LogP contribution >= 0.6 is 0 Å². The molecule has 9 heteroatoms. The summed E-state index contributed by atoms with van der Waals surface area (Å²) in [6.45, 7) is 3.62. The number of halogens is 3. The van der Waals surface area contributed by atoms with E-state index in [1.807, 2.05) is 6.92 Å². The summed E-state index contributed by atoms with van der Waals surface area (Å²) in [6.07, 6.45) is -3.18. The van der Waals surface area contributed by atoms with Crippen molar-refractivity contribution in [2.24, 2.45) is 7.05 Å². The number of hydrogen-bond acceptors (Lipinski definition) is 4. The highest BCUT2D eigenvalue weighted by molar-refractivity contribution is 6.08. The molecule has 0 fully saturated rings. The predicted molar refractivity (Wildman–Crippen MR) is 87.9 cm³/mol. The van der Waals surface area contributed by atoms with Crippen LogP contribution in [0.4, 0.5) is 18.9 Å². The second-order valence-corrected chi connectivity index (χ2v) is 5.47. The lowest BCUT2D eigenvalue weighted by Crippen LogP contribution is -2.19. The van der Waals surface area contributed by atoms with Crippen LogP contribution in [-0.4, -0.2) is 28.3 Å². The van der Waals surface area contributed by atoms with E-state index in [0.717, 1.165) is 16.4 Å². The lowest BCUT2D eigenvalue weighted by Gasteiger charge is -2.12. The van der Waals surface area contributed by atoms with Gasteiger partial charge < -0.3 is 10.1 Å². The summed E-state index contributed by atoms with van der Waals surface area (Å²) in [5.74, 6) is -1.68. The molecule has 0 aliphatic heterocycles. The Morgan fingerprint density at radius 2 is 1.92 bits per heavy atom. The number of hydrogen-bond donors (Lipinski definition) is 1. The maximum atomic E-state index is 13.1. The number of anilines is 1. The third-order valence-corrected chi connectivity index (χ3v) is 3.58. The van der Waals surface area contributed by atoms with Gasteiger partial charge in [0.15, 0.2) is 5.69 Å². The number of carbonyl (C=O) groups is 2. The van der Waals surface area contributed by atoms with Gasteiger partial charge in [0.25, 0.3) is 5.91 Å². The van der Waals surface area contributed by atoms with E-state index in [0.29, 0.717) is 6.42 Å². The first-order valence-corrected chi connectivity index (χ1v) is 7.89. The summed E-state index contributed by atoms with van der Waals surface area (Å²) < 4.78 is 45.0. The van der Waals surface area contributed by atoms with E-state index in [4.69, 9.17) is 4.74 Å². The summed E-state index contributed by atoms with van der Waals surface area (Å²) in [6, 6.07) is 4.70. The molecule has 0 spiro atoms. The van der Waals surface area contributed by atoms with Crippen molar-refractivity contribution in [2.45, 2.75) is 26.4 Å². The molecule has 0 unspecified atom stereocenters. The fourth-order valence-corrected chi connectivity index (χ4v) is 2.36. The Balaban J connectivity index is 2.42. The van der Waals surface area contributed by atoms with E-state index < -0.39 is 29.3 Å². The smallest absolute Gasteiger partial charge is 0.435 e. The molecule has 2 aromatic rings. The average Bonchev–Trinajstić information content (AvgIpc) is 2.97. The Labute approximate surface area is 147 Å². The van der Waals surface area contributed by atoms with Gasteiger partial charge in [0.1, 0.15) is 0 Å². The van der Waals surface area contributed by atoms with E-state index in [2.05, 4.69) is 10.4 Å². The third kappa shape index (κ3) is 4.22. The SMILES string of the molecule is CCOC(=O)c1ccc(CC)cc1NC(=O)c1cn(C)nc1C(F)(F)F. The van der Waals surface area contributed by atoms with Gasteiger partial charge in [0.2, 0.25) is 0 Å². The van der Waals surface area contributed by atoms with Gasteiger partial charge in [-0.1, -0.05) is 13.0 Å². The van der Waals surface area contributed by atoms with Crippen LogP contribution in [0.25, 0.3) is 0 Å². The number of aromatic nitrogens is 2. The number of carbonyl (C=O) groups excluding carboxylic acids is 2. The van der Waals surface area contributed by atoms with Gasteiger partial charge in [0.05, 0.1) is 23.4 Å². The van der Waals surface area contributed by atoms with Crippen LogP contribution in [-0.2, 0) is 24.4 Å². The van der Waals surface area contributed by atoms with E-state index >= 15 is 0 Å². The Morgan fingerprint density at radius 3 is 2.50 bits per heavy atom. The Bertz CT molecular complexity index is 828. The molecule has 26 heavy (non-hydrogen) atoms. The molecule has 0 radical (unpaired) electrons. The minimum absolute atomic E-state index is 0.0647. The number of alkyl halides is 3. The van der Waals surface area contributed by atoms with Crippen molar-refractivity contribution in [3.8, 4) is 0 Å². The quantitative estimate of drug-likeness (QED) is 0.820. The highest BCUT2D eigenvalue weighted by Crippen LogP contribution is 2.31. The number of nitrogens with zero attached hydrogens (tertiary/aromatic N) is 2. The first kappa shape index (κ1) is 19.5.